The van der Waals surface area contributed by atoms with Gasteiger partial charge in [-0.3, -0.25) is 14.5 Å². The van der Waals surface area contributed by atoms with Gasteiger partial charge >= 0.3 is 0 Å². The van der Waals surface area contributed by atoms with Crippen molar-refractivity contribution >= 4 is 17.9 Å². The average Bonchev–Trinajstić information content (AvgIpc) is 2.92. The molecule has 2 fully saturated rings. The van der Waals surface area contributed by atoms with Crippen LogP contribution in [-0.2, 0) is 22.7 Å². The number of benzene rings is 2. The SMILES string of the molecule is CCN1CCN(Cc2ccccc2CNC(=O)C2CCN(C(=O)/C=C/c3ccccc3)CC2)CC1. The van der Waals surface area contributed by atoms with Crippen LogP contribution in [0.5, 0.6) is 0 Å². The first-order valence-corrected chi connectivity index (χ1v) is 12.9. The van der Waals surface area contributed by atoms with Crippen molar-refractivity contribution < 1.29 is 9.59 Å². The van der Waals surface area contributed by atoms with Crippen molar-refractivity contribution in [2.24, 2.45) is 5.92 Å². The second-order valence-corrected chi connectivity index (χ2v) is 9.54. The maximum atomic E-state index is 12.9. The van der Waals surface area contributed by atoms with E-state index in [1.54, 1.807) is 6.08 Å². The molecule has 0 spiro atoms. The van der Waals surface area contributed by atoms with Gasteiger partial charge in [0.25, 0.3) is 0 Å². The van der Waals surface area contributed by atoms with Crippen molar-refractivity contribution in [3.8, 4) is 0 Å². The Morgan fingerprint density at radius 2 is 1.49 bits per heavy atom. The Morgan fingerprint density at radius 3 is 2.17 bits per heavy atom. The van der Waals surface area contributed by atoms with Crippen LogP contribution < -0.4 is 5.32 Å². The maximum absolute atomic E-state index is 12.9. The van der Waals surface area contributed by atoms with Crippen molar-refractivity contribution in [1.29, 1.82) is 0 Å². The predicted molar refractivity (Wildman–Crippen MR) is 140 cm³/mol. The molecule has 2 aliphatic rings. The van der Waals surface area contributed by atoms with Crippen molar-refractivity contribution in [2.45, 2.75) is 32.9 Å². The number of hydrogen-bond donors (Lipinski definition) is 1. The number of likely N-dealkylation sites (tertiary alicyclic amines) is 1. The summed E-state index contributed by atoms with van der Waals surface area (Å²) in [6, 6.07) is 18.3. The van der Waals surface area contributed by atoms with Gasteiger partial charge in [0.15, 0.2) is 0 Å². The Balaban J connectivity index is 1.23. The van der Waals surface area contributed by atoms with Gasteiger partial charge in [-0.2, -0.15) is 0 Å². The third-order valence-corrected chi connectivity index (χ3v) is 7.27. The first kappa shape index (κ1) is 25.1. The molecule has 0 radical (unpaired) electrons. The number of hydrogen-bond acceptors (Lipinski definition) is 4. The number of rotatable bonds is 8. The molecule has 6 heteroatoms. The summed E-state index contributed by atoms with van der Waals surface area (Å²) >= 11 is 0. The lowest BCUT2D eigenvalue weighted by Gasteiger charge is -2.34. The van der Waals surface area contributed by atoms with E-state index in [2.05, 4.69) is 40.2 Å². The summed E-state index contributed by atoms with van der Waals surface area (Å²) < 4.78 is 0. The number of carbonyl (C=O) groups is 2. The Bertz CT molecular complexity index is 991. The first-order valence-electron chi connectivity index (χ1n) is 12.9. The van der Waals surface area contributed by atoms with Crippen LogP contribution in [0.2, 0.25) is 0 Å². The molecule has 6 nitrogen and oxygen atoms in total. The molecule has 35 heavy (non-hydrogen) atoms. The van der Waals surface area contributed by atoms with E-state index in [1.807, 2.05) is 47.4 Å². The summed E-state index contributed by atoms with van der Waals surface area (Å²) in [5.41, 5.74) is 3.50. The summed E-state index contributed by atoms with van der Waals surface area (Å²) in [6.45, 7) is 10.5. The van der Waals surface area contributed by atoms with Gasteiger partial charge in [0.05, 0.1) is 0 Å². The van der Waals surface area contributed by atoms with Gasteiger partial charge in [0.1, 0.15) is 0 Å². The molecule has 2 saturated heterocycles. The van der Waals surface area contributed by atoms with E-state index in [0.717, 1.165) is 44.8 Å². The summed E-state index contributed by atoms with van der Waals surface area (Å²) in [6.07, 6.45) is 4.90. The van der Waals surface area contributed by atoms with Crippen molar-refractivity contribution in [3.05, 3.63) is 77.4 Å². The van der Waals surface area contributed by atoms with E-state index < -0.39 is 0 Å². The van der Waals surface area contributed by atoms with Crippen LogP contribution in [0.4, 0.5) is 0 Å². The van der Waals surface area contributed by atoms with E-state index in [0.29, 0.717) is 32.5 Å². The summed E-state index contributed by atoms with van der Waals surface area (Å²) in [5.74, 6) is 0.0798. The van der Waals surface area contributed by atoms with Gasteiger partial charge in [-0.25, -0.2) is 0 Å². The van der Waals surface area contributed by atoms with Gasteiger partial charge in [-0.1, -0.05) is 61.5 Å². The predicted octanol–water partition coefficient (Wildman–Crippen LogP) is 3.39. The standard InChI is InChI=1S/C29H38N4O2/c1-2-31-18-20-32(21-19-31)23-27-11-7-6-10-26(27)22-30-29(35)25-14-16-33(17-15-25)28(34)13-12-24-8-4-3-5-9-24/h3-13,25H,2,14-23H2,1H3,(H,30,35)/b13-12+. The summed E-state index contributed by atoms with van der Waals surface area (Å²) in [7, 11) is 0. The lowest BCUT2D eigenvalue weighted by atomic mass is 9.95. The quantitative estimate of drug-likeness (QED) is 0.596. The van der Waals surface area contributed by atoms with Gasteiger partial charge in [-0.15, -0.1) is 0 Å². The number of piperidine rings is 1. The van der Waals surface area contributed by atoms with Crippen LogP contribution in [0.1, 0.15) is 36.5 Å². The van der Waals surface area contributed by atoms with E-state index in [4.69, 9.17) is 0 Å². The molecule has 0 aromatic heterocycles. The minimum absolute atomic E-state index is 0.0152. The molecule has 186 valence electrons. The number of amides is 2. The highest BCUT2D eigenvalue weighted by atomic mass is 16.2. The smallest absolute Gasteiger partial charge is 0.246 e. The molecule has 2 aromatic rings. The third kappa shape index (κ3) is 7.26. The normalized spacial score (nSPS) is 18.1. The van der Waals surface area contributed by atoms with Crippen LogP contribution in [-0.4, -0.2) is 72.3 Å². The summed E-state index contributed by atoms with van der Waals surface area (Å²) in [5, 5.41) is 3.17. The van der Waals surface area contributed by atoms with Crippen LogP contribution >= 0.6 is 0 Å². The van der Waals surface area contributed by atoms with Crippen LogP contribution in [0.3, 0.4) is 0 Å². The zero-order chi connectivity index (χ0) is 24.5. The Labute approximate surface area is 209 Å². The molecule has 0 atom stereocenters. The summed E-state index contributed by atoms with van der Waals surface area (Å²) in [4.78, 5) is 32.2. The Morgan fingerprint density at radius 1 is 0.857 bits per heavy atom. The lowest BCUT2D eigenvalue weighted by molar-refractivity contribution is -0.132. The van der Waals surface area contributed by atoms with Crippen molar-refractivity contribution in [2.75, 3.05) is 45.8 Å². The highest BCUT2D eigenvalue weighted by Crippen LogP contribution is 2.19. The minimum Gasteiger partial charge on any atom is -0.352 e. The van der Waals surface area contributed by atoms with E-state index >= 15 is 0 Å². The van der Waals surface area contributed by atoms with E-state index in [-0.39, 0.29) is 17.7 Å². The molecular weight excluding hydrogens is 436 g/mol. The molecular formula is C29H38N4O2. The number of carbonyl (C=O) groups excluding carboxylic acids is 2. The van der Waals surface area contributed by atoms with Crippen molar-refractivity contribution in [1.82, 2.24) is 20.0 Å². The van der Waals surface area contributed by atoms with Crippen LogP contribution in [0.15, 0.2) is 60.7 Å². The minimum atomic E-state index is -0.0357. The first-order chi connectivity index (χ1) is 17.1. The molecule has 4 rings (SSSR count). The fraction of sp³-hybridized carbons (Fsp3) is 0.448. The van der Waals surface area contributed by atoms with Gasteiger partial charge < -0.3 is 15.1 Å². The third-order valence-electron chi connectivity index (χ3n) is 7.27. The molecule has 2 aromatic carbocycles. The molecule has 1 N–H and O–H groups in total. The average molecular weight is 475 g/mol. The second-order valence-electron chi connectivity index (χ2n) is 9.54. The second kappa shape index (κ2) is 12.7. The fourth-order valence-electron chi connectivity index (χ4n) is 4.91. The Hall–Kier alpha value is -2.96. The van der Waals surface area contributed by atoms with Crippen molar-refractivity contribution in [3.63, 3.8) is 0 Å². The van der Waals surface area contributed by atoms with Crippen LogP contribution in [0.25, 0.3) is 6.08 Å². The zero-order valence-electron chi connectivity index (χ0n) is 20.9. The lowest BCUT2D eigenvalue weighted by Crippen LogP contribution is -2.45. The zero-order valence-corrected chi connectivity index (χ0v) is 20.9. The number of nitrogens with zero attached hydrogens (tertiary/aromatic N) is 3. The number of nitrogens with one attached hydrogen (secondary N) is 1. The molecule has 2 heterocycles. The van der Waals surface area contributed by atoms with E-state index in [9.17, 15) is 9.59 Å². The van der Waals surface area contributed by atoms with Gasteiger partial charge in [0.2, 0.25) is 11.8 Å². The molecule has 0 saturated carbocycles. The monoisotopic (exact) mass is 474 g/mol. The largest absolute Gasteiger partial charge is 0.352 e. The molecule has 2 aliphatic heterocycles. The van der Waals surface area contributed by atoms with Crippen LogP contribution in [0, 0.1) is 5.92 Å². The number of likely N-dealkylation sites (N-methyl/N-ethyl adjacent to an activating group) is 1. The molecule has 0 bridgehead atoms. The fourth-order valence-corrected chi connectivity index (χ4v) is 4.91. The highest BCUT2D eigenvalue weighted by molar-refractivity contribution is 5.92. The van der Waals surface area contributed by atoms with Gasteiger partial charge in [0, 0.05) is 64.4 Å². The Kier molecular flexibility index (Phi) is 9.09. The highest BCUT2D eigenvalue weighted by Gasteiger charge is 2.26. The maximum Gasteiger partial charge on any atom is 0.246 e. The molecule has 0 aliphatic carbocycles. The van der Waals surface area contributed by atoms with E-state index in [1.165, 1.54) is 11.1 Å². The number of piperazine rings is 1. The van der Waals surface area contributed by atoms with Gasteiger partial charge in [-0.05, 0) is 42.2 Å². The molecule has 2 amide bonds. The topological polar surface area (TPSA) is 55.9 Å². The molecule has 0 unspecified atom stereocenters.